The third kappa shape index (κ3) is 5.22. The van der Waals surface area contributed by atoms with Crippen LogP contribution in [0.3, 0.4) is 0 Å². The van der Waals surface area contributed by atoms with E-state index in [2.05, 4.69) is 20.3 Å². The topological polar surface area (TPSA) is 68.0 Å². The maximum Gasteiger partial charge on any atom is 0.418 e. The van der Waals surface area contributed by atoms with Crippen molar-refractivity contribution in [3.05, 3.63) is 48.2 Å². The Bertz CT molecular complexity index is 1160. The fraction of sp³-hybridized carbons (Fsp3) is 0.560. The molecule has 1 aromatic carbocycles. The number of piperidine rings is 1. The summed E-state index contributed by atoms with van der Waals surface area (Å²) in [6, 6.07) is 4.35. The van der Waals surface area contributed by atoms with E-state index < -0.39 is 11.7 Å². The second-order valence-corrected chi connectivity index (χ2v) is 9.83. The first-order valence-corrected chi connectivity index (χ1v) is 12.3. The average Bonchev–Trinajstić information content (AvgIpc) is 3.23. The highest BCUT2D eigenvalue weighted by atomic mass is 19.4. The lowest BCUT2D eigenvalue weighted by molar-refractivity contribution is -0.136. The summed E-state index contributed by atoms with van der Waals surface area (Å²) in [5.41, 5.74) is 0.301. The minimum atomic E-state index is -4.40. The molecule has 188 valence electrons. The maximum absolute atomic E-state index is 13.5. The van der Waals surface area contributed by atoms with E-state index in [0.29, 0.717) is 17.8 Å². The summed E-state index contributed by atoms with van der Waals surface area (Å²) < 4.78 is 43.8. The quantitative estimate of drug-likeness (QED) is 0.490. The number of hydrogen-bond acceptors (Lipinski definition) is 4. The van der Waals surface area contributed by atoms with E-state index in [1.807, 2.05) is 10.8 Å². The van der Waals surface area contributed by atoms with Crippen LogP contribution in [-0.4, -0.2) is 56.3 Å². The number of aryl methyl sites for hydroxylation is 2. The molecule has 0 unspecified atom stereocenters. The summed E-state index contributed by atoms with van der Waals surface area (Å²) in [4.78, 5) is 18.8. The highest BCUT2D eigenvalue weighted by molar-refractivity contribution is 5.86. The number of halogens is 3. The minimum absolute atomic E-state index is 0.0986. The van der Waals surface area contributed by atoms with Crippen LogP contribution in [0.15, 0.2) is 36.9 Å². The lowest BCUT2D eigenvalue weighted by Crippen LogP contribution is -2.35. The van der Waals surface area contributed by atoms with Crippen molar-refractivity contribution < 1.29 is 18.0 Å². The zero-order valence-electron chi connectivity index (χ0n) is 19.8. The highest BCUT2D eigenvalue weighted by Gasteiger charge is 2.44. The van der Waals surface area contributed by atoms with Crippen molar-refractivity contribution in [2.75, 3.05) is 26.2 Å². The number of carbonyl (C=O) groups excluding carboxylic acids is 1. The number of nitrogens with one attached hydrogen (secondary N) is 1. The molecule has 0 spiro atoms. The first kappa shape index (κ1) is 23.8. The van der Waals surface area contributed by atoms with Crippen LogP contribution in [0, 0.1) is 11.8 Å². The van der Waals surface area contributed by atoms with Crippen molar-refractivity contribution in [1.82, 2.24) is 29.5 Å². The van der Waals surface area contributed by atoms with Gasteiger partial charge < -0.3 is 14.8 Å². The molecule has 2 aliphatic rings. The van der Waals surface area contributed by atoms with Gasteiger partial charge >= 0.3 is 6.18 Å². The Morgan fingerprint density at radius 3 is 2.74 bits per heavy atom. The van der Waals surface area contributed by atoms with E-state index in [4.69, 9.17) is 0 Å². The predicted octanol–water partition coefficient (Wildman–Crippen LogP) is 3.81. The van der Waals surface area contributed by atoms with Crippen molar-refractivity contribution in [1.29, 1.82) is 0 Å². The van der Waals surface area contributed by atoms with Gasteiger partial charge in [0.25, 0.3) is 0 Å². The van der Waals surface area contributed by atoms with E-state index >= 15 is 0 Å². The molecule has 1 saturated carbocycles. The van der Waals surface area contributed by atoms with E-state index in [-0.39, 0.29) is 23.3 Å². The van der Waals surface area contributed by atoms with Gasteiger partial charge in [0.1, 0.15) is 0 Å². The van der Waals surface area contributed by atoms with Crippen molar-refractivity contribution >= 4 is 16.8 Å². The molecule has 1 N–H and O–H groups in total. The van der Waals surface area contributed by atoms with Gasteiger partial charge in [-0.1, -0.05) is 12.1 Å². The van der Waals surface area contributed by atoms with Crippen molar-refractivity contribution in [3.63, 3.8) is 0 Å². The van der Waals surface area contributed by atoms with Crippen LogP contribution in [0.25, 0.3) is 10.9 Å². The van der Waals surface area contributed by atoms with Crippen molar-refractivity contribution in [2.24, 2.45) is 18.9 Å². The van der Waals surface area contributed by atoms with Crippen LogP contribution < -0.4 is 5.32 Å². The predicted molar refractivity (Wildman–Crippen MR) is 126 cm³/mol. The van der Waals surface area contributed by atoms with E-state index in [9.17, 15) is 18.0 Å². The second kappa shape index (κ2) is 9.64. The van der Waals surface area contributed by atoms with E-state index in [1.165, 1.54) is 10.7 Å². The minimum Gasteiger partial charge on any atom is -0.356 e. The number of amides is 1. The van der Waals surface area contributed by atoms with Crippen LogP contribution in [0.2, 0.25) is 0 Å². The molecule has 3 heterocycles. The Labute approximate surface area is 202 Å². The van der Waals surface area contributed by atoms with Gasteiger partial charge in [-0.05, 0) is 50.8 Å². The number of fused-ring (bicyclic) bond motifs is 1. The fourth-order valence-electron chi connectivity index (χ4n) is 5.41. The number of para-hydroxylation sites is 1. The van der Waals surface area contributed by atoms with Gasteiger partial charge in [-0.15, -0.1) is 0 Å². The molecule has 3 aromatic rings. The number of aromatic nitrogens is 4. The van der Waals surface area contributed by atoms with Crippen LogP contribution in [0.4, 0.5) is 13.2 Å². The number of rotatable bonds is 8. The molecule has 1 saturated heterocycles. The molecule has 1 aliphatic carbocycles. The van der Waals surface area contributed by atoms with Gasteiger partial charge in [-0.3, -0.25) is 9.48 Å². The molecule has 2 atom stereocenters. The number of carbonyl (C=O) groups is 1. The summed E-state index contributed by atoms with van der Waals surface area (Å²) >= 11 is 0. The Hall–Kier alpha value is -2.88. The van der Waals surface area contributed by atoms with Gasteiger partial charge in [-0.2, -0.15) is 18.3 Å². The SMILES string of the molecule is Cn1nc(C2CCN(C[C@@H]3C[C@H]3C(=O)NCCCn3ccnc3)CC2)c2cccc(C(F)(F)F)c21. The number of hydrogen-bond donors (Lipinski definition) is 1. The van der Waals surface area contributed by atoms with Gasteiger partial charge in [0.2, 0.25) is 5.91 Å². The summed E-state index contributed by atoms with van der Waals surface area (Å²) in [6.07, 6.45) is 4.56. The molecule has 1 aliphatic heterocycles. The Morgan fingerprint density at radius 2 is 2.03 bits per heavy atom. The van der Waals surface area contributed by atoms with Crippen LogP contribution in [0.1, 0.15) is 42.9 Å². The van der Waals surface area contributed by atoms with E-state index in [0.717, 1.165) is 63.6 Å². The number of alkyl halides is 3. The summed E-state index contributed by atoms with van der Waals surface area (Å²) in [5, 5.41) is 8.17. The van der Waals surface area contributed by atoms with Gasteiger partial charge in [-0.25, -0.2) is 4.98 Å². The molecule has 2 fully saturated rings. The lowest BCUT2D eigenvalue weighted by Gasteiger charge is -2.31. The smallest absolute Gasteiger partial charge is 0.356 e. The van der Waals surface area contributed by atoms with Crippen LogP contribution in [0.5, 0.6) is 0 Å². The fourth-order valence-corrected chi connectivity index (χ4v) is 5.41. The Kier molecular flexibility index (Phi) is 6.57. The number of benzene rings is 1. The molecule has 1 amide bonds. The second-order valence-electron chi connectivity index (χ2n) is 9.83. The maximum atomic E-state index is 13.5. The first-order valence-electron chi connectivity index (χ1n) is 12.3. The molecule has 0 radical (unpaired) electrons. The van der Waals surface area contributed by atoms with Crippen molar-refractivity contribution in [3.8, 4) is 0 Å². The summed E-state index contributed by atoms with van der Waals surface area (Å²) in [7, 11) is 1.59. The molecular weight excluding hydrogens is 457 g/mol. The number of likely N-dealkylation sites (tertiary alicyclic amines) is 1. The van der Waals surface area contributed by atoms with Gasteiger partial charge in [0.15, 0.2) is 0 Å². The molecular formula is C25H31F3N6O. The lowest BCUT2D eigenvalue weighted by atomic mass is 9.91. The molecule has 35 heavy (non-hydrogen) atoms. The monoisotopic (exact) mass is 488 g/mol. The number of nitrogens with zero attached hydrogens (tertiary/aromatic N) is 5. The zero-order valence-corrected chi connectivity index (χ0v) is 19.8. The van der Waals surface area contributed by atoms with Gasteiger partial charge in [0.05, 0.1) is 23.1 Å². The third-order valence-corrected chi connectivity index (χ3v) is 7.38. The summed E-state index contributed by atoms with van der Waals surface area (Å²) in [6.45, 7) is 4.15. The van der Waals surface area contributed by atoms with Crippen molar-refractivity contribution in [2.45, 2.75) is 44.3 Å². The average molecular weight is 489 g/mol. The Balaban J connectivity index is 1.10. The molecule has 5 rings (SSSR count). The molecule has 2 aromatic heterocycles. The van der Waals surface area contributed by atoms with E-state index in [1.54, 1.807) is 25.6 Å². The molecule has 10 heteroatoms. The van der Waals surface area contributed by atoms with Crippen LogP contribution >= 0.6 is 0 Å². The molecule has 7 nitrogen and oxygen atoms in total. The zero-order chi connectivity index (χ0) is 24.6. The number of imidazole rings is 1. The Morgan fingerprint density at radius 1 is 1.23 bits per heavy atom. The summed E-state index contributed by atoms with van der Waals surface area (Å²) in [5.74, 6) is 0.787. The standard InChI is InChI=1S/C25H31F3N6O/c1-32-23-19(4-2-5-21(23)25(26,27)28)22(31-32)17-6-11-33(12-7-17)15-18-14-20(18)24(35)30-8-3-10-34-13-9-29-16-34/h2,4-5,9,13,16-18,20H,3,6-8,10-12,14-15H2,1H3,(H,30,35)/t18-,20+/m0/s1. The normalized spacial score (nSPS) is 21.5. The largest absolute Gasteiger partial charge is 0.418 e. The van der Waals surface area contributed by atoms with Gasteiger partial charge in [0, 0.05) is 56.3 Å². The van der Waals surface area contributed by atoms with Crippen LogP contribution in [-0.2, 0) is 24.6 Å². The highest BCUT2D eigenvalue weighted by Crippen LogP contribution is 2.41. The third-order valence-electron chi connectivity index (χ3n) is 7.38. The first-order chi connectivity index (χ1) is 16.8. The molecule has 0 bridgehead atoms.